The molecule has 0 saturated heterocycles. The number of carbonyl (C=O) groups is 2. The summed E-state index contributed by atoms with van der Waals surface area (Å²) < 4.78 is 6.14. The Kier molecular flexibility index (Phi) is 5.40. The molecule has 1 amide bonds. The van der Waals surface area contributed by atoms with Gasteiger partial charge in [0.1, 0.15) is 12.9 Å². The Hall–Kier alpha value is -2.77. The van der Waals surface area contributed by atoms with Gasteiger partial charge in [0.05, 0.1) is 0 Å². The number of para-hydroxylation sites is 1. The third-order valence-corrected chi connectivity index (χ3v) is 3.24. The van der Waals surface area contributed by atoms with Crippen molar-refractivity contribution < 1.29 is 14.3 Å². The van der Waals surface area contributed by atoms with Crippen LogP contribution in [0.5, 0.6) is 0 Å². The molecule has 0 unspecified atom stereocenters. The van der Waals surface area contributed by atoms with Crippen molar-refractivity contribution in [2.24, 2.45) is 0 Å². The highest BCUT2D eigenvalue weighted by Gasteiger charge is 2.14. The van der Waals surface area contributed by atoms with Crippen molar-refractivity contribution in [1.29, 1.82) is 0 Å². The van der Waals surface area contributed by atoms with Crippen LogP contribution in [0.3, 0.4) is 0 Å². The molecule has 0 atom stereocenters. The molecular weight excluding hydrogens is 298 g/mol. The Morgan fingerprint density at radius 3 is 2.78 bits per heavy atom. The summed E-state index contributed by atoms with van der Waals surface area (Å²) in [5.74, 6) is -0.694. The monoisotopic (exact) mass is 317 g/mol. The van der Waals surface area contributed by atoms with Crippen molar-refractivity contribution in [2.75, 3.05) is 11.9 Å². The number of ether oxygens (including phenoxy) is 1. The number of aryl methyl sites for hydroxylation is 1. The first kappa shape index (κ1) is 16.6. The first-order valence-corrected chi connectivity index (χ1v) is 7.23. The van der Waals surface area contributed by atoms with E-state index in [4.69, 9.17) is 4.74 Å². The number of aromatic nitrogens is 4. The van der Waals surface area contributed by atoms with Gasteiger partial charge in [0, 0.05) is 5.69 Å². The predicted octanol–water partition coefficient (Wildman–Crippen LogP) is 1.29. The summed E-state index contributed by atoms with van der Waals surface area (Å²) in [6.07, 6.45) is 1.30. The minimum atomic E-state index is -0.582. The Morgan fingerprint density at radius 2 is 2.13 bits per heavy atom. The van der Waals surface area contributed by atoms with Crippen LogP contribution in [0.1, 0.15) is 30.9 Å². The fourth-order valence-corrected chi connectivity index (χ4v) is 2.09. The highest BCUT2D eigenvalue weighted by atomic mass is 16.5. The lowest BCUT2D eigenvalue weighted by Crippen LogP contribution is -2.24. The summed E-state index contributed by atoms with van der Waals surface area (Å²) in [7, 11) is 0. The van der Waals surface area contributed by atoms with Crippen molar-refractivity contribution in [2.45, 2.75) is 33.2 Å². The maximum Gasteiger partial charge on any atom is 0.328 e. The number of hydrogen-bond acceptors (Lipinski definition) is 6. The van der Waals surface area contributed by atoms with E-state index in [1.165, 1.54) is 11.0 Å². The number of tetrazole rings is 1. The molecule has 2 aromatic rings. The second kappa shape index (κ2) is 7.48. The van der Waals surface area contributed by atoms with E-state index in [9.17, 15) is 9.59 Å². The Bertz CT molecular complexity index is 682. The zero-order valence-electron chi connectivity index (χ0n) is 13.3. The zero-order chi connectivity index (χ0) is 16.8. The lowest BCUT2D eigenvalue weighted by molar-refractivity contribution is -0.148. The fraction of sp³-hybridized carbons (Fsp3) is 0.400. The van der Waals surface area contributed by atoms with E-state index >= 15 is 0 Å². The molecule has 2 rings (SSSR count). The summed E-state index contributed by atoms with van der Waals surface area (Å²) in [6, 6.07) is 5.84. The normalized spacial score (nSPS) is 10.6. The number of esters is 1. The first-order chi connectivity index (χ1) is 11.0. The molecule has 0 fully saturated rings. The van der Waals surface area contributed by atoms with Gasteiger partial charge in [-0.15, -0.1) is 5.10 Å². The molecule has 1 heterocycles. The van der Waals surface area contributed by atoms with E-state index in [0.29, 0.717) is 0 Å². The van der Waals surface area contributed by atoms with Crippen LogP contribution in [0.2, 0.25) is 0 Å². The lowest BCUT2D eigenvalue weighted by Gasteiger charge is -2.16. The number of benzene rings is 1. The van der Waals surface area contributed by atoms with Gasteiger partial charge in [0.2, 0.25) is 0 Å². The van der Waals surface area contributed by atoms with Crippen LogP contribution >= 0.6 is 0 Å². The van der Waals surface area contributed by atoms with Gasteiger partial charge in [-0.05, 0) is 34.4 Å². The highest BCUT2D eigenvalue weighted by Crippen LogP contribution is 2.27. The van der Waals surface area contributed by atoms with E-state index in [1.807, 2.05) is 25.1 Å². The smallest absolute Gasteiger partial charge is 0.328 e. The van der Waals surface area contributed by atoms with Crippen LogP contribution in [-0.4, -0.2) is 38.7 Å². The van der Waals surface area contributed by atoms with Gasteiger partial charge in [-0.3, -0.25) is 9.59 Å². The Morgan fingerprint density at radius 1 is 1.35 bits per heavy atom. The van der Waals surface area contributed by atoms with Crippen LogP contribution in [0.15, 0.2) is 24.5 Å². The second-order valence-electron chi connectivity index (χ2n) is 5.41. The average Bonchev–Trinajstić information content (AvgIpc) is 3.00. The molecular formula is C15H19N5O3. The zero-order valence-corrected chi connectivity index (χ0v) is 13.3. The molecule has 0 spiro atoms. The number of carbonyl (C=O) groups excluding carboxylic acids is 2. The molecule has 23 heavy (non-hydrogen) atoms. The molecule has 0 bridgehead atoms. The summed E-state index contributed by atoms with van der Waals surface area (Å²) in [4.78, 5) is 23.6. The fourth-order valence-electron chi connectivity index (χ4n) is 2.09. The van der Waals surface area contributed by atoms with Crippen LogP contribution in [0, 0.1) is 6.92 Å². The van der Waals surface area contributed by atoms with Gasteiger partial charge in [-0.2, -0.15) is 0 Å². The van der Waals surface area contributed by atoms with E-state index in [-0.39, 0.29) is 25.0 Å². The molecule has 8 nitrogen and oxygen atoms in total. The van der Waals surface area contributed by atoms with Gasteiger partial charge in [0.15, 0.2) is 6.61 Å². The minimum Gasteiger partial charge on any atom is -0.454 e. The number of amides is 1. The summed E-state index contributed by atoms with van der Waals surface area (Å²) in [6.45, 7) is 5.53. The second-order valence-corrected chi connectivity index (χ2v) is 5.41. The number of hydrogen-bond donors (Lipinski definition) is 1. The minimum absolute atomic E-state index is 0.137. The quantitative estimate of drug-likeness (QED) is 0.806. The van der Waals surface area contributed by atoms with Crippen molar-refractivity contribution in [3.8, 4) is 0 Å². The van der Waals surface area contributed by atoms with Gasteiger partial charge in [0.25, 0.3) is 5.91 Å². The molecule has 1 aromatic carbocycles. The first-order valence-electron chi connectivity index (χ1n) is 7.23. The topological polar surface area (TPSA) is 99.0 Å². The molecule has 1 N–H and O–H groups in total. The molecule has 0 aliphatic heterocycles. The third kappa shape index (κ3) is 4.60. The van der Waals surface area contributed by atoms with Crippen molar-refractivity contribution in [1.82, 2.24) is 20.2 Å². The molecule has 122 valence electrons. The van der Waals surface area contributed by atoms with E-state index < -0.39 is 5.97 Å². The molecule has 0 saturated carbocycles. The van der Waals surface area contributed by atoms with Gasteiger partial charge >= 0.3 is 5.97 Å². The standard InChI is InChI=1S/C15H19N5O3/c1-10(2)12-6-4-5-11(3)15(12)17-13(21)8-23-14(22)7-20-9-16-18-19-20/h4-6,9-10H,7-8H2,1-3H3,(H,17,21). The molecule has 0 radical (unpaired) electrons. The van der Waals surface area contributed by atoms with E-state index in [1.54, 1.807) is 0 Å². The Labute approximate surface area is 133 Å². The third-order valence-electron chi connectivity index (χ3n) is 3.24. The van der Waals surface area contributed by atoms with Gasteiger partial charge < -0.3 is 10.1 Å². The maximum absolute atomic E-state index is 12.0. The summed E-state index contributed by atoms with van der Waals surface area (Å²) in [5.41, 5.74) is 2.77. The van der Waals surface area contributed by atoms with Crippen LogP contribution < -0.4 is 5.32 Å². The number of anilines is 1. The maximum atomic E-state index is 12.0. The molecule has 0 aliphatic carbocycles. The van der Waals surface area contributed by atoms with Crippen LogP contribution in [-0.2, 0) is 20.9 Å². The highest BCUT2D eigenvalue weighted by molar-refractivity contribution is 5.94. The van der Waals surface area contributed by atoms with Crippen LogP contribution in [0.25, 0.3) is 0 Å². The van der Waals surface area contributed by atoms with Crippen molar-refractivity contribution in [3.05, 3.63) is 35.7 Å². The van der Waals surface area contributed by atoms with Crippen molar-refractivity contribution in [3.63, 3.8) is 0 Å². The van der Waals surface area contributed by atoms with Gasteiger partial charge in [-0.1, -0.05) is 32.0 Å². The summed E-state index contributed by atoms with van der Waals surface area (Å²) in [5, 5.41) is 13.2. The largest absolute Gasteiger partial charge is 0.454 e. The average molecular weight is 317 g/mol. The molecule has 1 aromatic heterocycles. The summed E-state index contributed by atoms with van der Waals surface area (Å²) >= 11 is 0. The van der Waals surface area contributed by atoms with E-state index in [0.717, 1.165) is 16.8 Å². The predicted molar refractivity (Wildman–Crippen MR) is 82.7 cm³/mol. The molecule has 8 heteroatoms. The van der Waals surface area contributed by atoms with Crippen LogP contribution in [0.4, 0.5) is 5.69 Å². The lowest BCUT2D eigenvalue weighted by atomic mass is 9.98. The number of nitrogens with zero attached hydrogens (tertiary/aromatic N) is 4. The Balaban J connectivity index is 1.91. The van der Waals surface area contributed by atoms with Gasteiger partial charge in [-0.25, -0.2) is 4.68 Å². The SMILES string of the molecule is Cc1cccc(C(C)C)c1NC(=O)COC(=O)Cn1cnnn1. The number of rotatable bonds is 6. The molecule has 0 aliphatic rings. The van der Waals surface area contributed by atoms with Crippen molar-refractivity contribution >= 4 is 17.6 Å². The number of nitrogens with one attached hydrogen (secondary N) is 1. The van der Waals surface area contributed by atoms with E-state index in [2.05, 4.69) is 34.7 Å².